The van der Waals surface area contributed by atoms with E-state index in [1.165, 1.54) is 16.7 Å². The van der Waals surface area contributed by atoms with Gasteiger partial charge in [0.1, 0.15) is 4.32 Å². The Labute approximate surface area is 117 Å². The van der Waals surface area contributed by atoms with Crippen LogP contribution in [0.15, 0.2) is 29.2 Å². The Kier molecular flexibility index (Phi) is 3.66. The summed E-state index contributed by atoms with van der Waals surface area (Å²) in [7, 11) is 1.70. The van der Waals surface area contributed by atoms with Crippen molar-refractivity contribution in [3.05, 3.63) is 38.3 Å². The number of rotatable bonds is 1. The van der Waals surface area contributed by atoms with Crippen LogP contribution in [-0.4, -0.2) is 22.2 Å². The maximum absolute atomic E-state index is 11.8. The average Bonchev–Trinajstić information content (AvgIpc) is 2.50. The zero-order valence-corrected chi connectivity index (χ0v) is 12.2. The number of hydrogen-bond donors (Lipinski definition) is 0. The van der Waals surface area contributed by atoms with Gasteiger partial charge in [-0.15, -0.1) is 0 Å². The van der Waals surface area contributed by atoms with Gasteiger partial charge in [-0.2, -0.15) is 0 Å². The molecule has 0 radical (unpaired) electrons. The molecule has 1 fully saturated rings. The second-order valence-electron chi connectivity index (χ2n) is 3.26. The lowest BCUT2D eigenvalue weighted by atomic mass is 10.2. The summed E-state index contributed by atoms with van der Waals surface area (Å²) in [6.45, 7) is 0. The molecule has 0 saturated carbocycles. The van der Waals surface area contributed by atoms with Gasteiger partial charge in [-0.25, -0.2) is 0 Å². The van der Waals surface area contributed by atoms with Crippen molar-refractivity contribution >= 4 is 62.9 Å². The van der Waals surface area contributed by atoms with Gasteiger partial charge in [-0.1, -0.05) is 42.2 Å². The quantitative estimate of drug-likeness (QED) is 0.436. The number of amides is 1. The molecule has 1 aliphatic rings. The molecule has 0 N–H and O–H groups in total. The normalized spacial score (nSPS) is 18.6. The van der Waals surface area contributed by atoms with Crippen LogP contribution in [0.4, 0.5) is 0 Å². The van der Waals surface area contributed by atoms with Gasteiger partial charge in [-0.05, 0) is 40.3 Å². The molecule has 1 aromatic rings. The smallest absolute Gasteiger partial charge is 0.265 e. The van der Waals surface area contributed by atoms with E-state index < -0.39 is 0 Å². The molecule has 2 rings (SSSR count). The van der Waals surface area contributed by atoms with Gasteiger partial charge >= 0.3 is 0 Å². The monoisotopic (exact) mass is 361 g/mol. The maximum atomic E-state index is 11.8. The minimum absolute atomic E-state index is 0.0188. The van der Waals surface area contributed by atoms with Crippen LogP contribution in [-0.2, 0) is 4.79 Å². The Morgan fingerprint density at radius 3 is 2.69 bits per heavy atom. The highest BCUT2D eigenvalue weighted by Crippen LogP contribution is 2.31. The molecule has 0 bridgehead atoms. The Hall–Kier alpha value is -0.400. The number of thioether (sulfide) groups is 1. The lowest BCUT2D eigenvalue weighted by Crippen LogP contribution is -2.22. The first-order chi connectivity index (χ1) is 7.59. The topological polar surface area (TPSA) is 20.3 Å². The molecule has 82 valence electrons. The van der Waals surface area contributed by atoms with Crippen molar-refractivity contribution in [1.82, 2.24) is 4.90 Å². The number of hydrogen-bond acceptors (Lipinski definition) is 3. The zero-order valence-electron chi connectivity index (χ0n) is 8.44. The molecule has 1 aliphatic heterocycles. The predicted octanol–water partition coefficient (Wildman–Crippen LogP) is 3.12. The van der Waals surface area contributed by atoms with Crippen LogP contribution in [0.5, 0.6) is 0 Å². The highest BCUT2D eigenvalue weighted by Gasteiger charge is 2.28. The van der Waals surface area contributed by atoms with Crippen LogP contribution >= 0.6 is 46.6 Å². The lowest BCUT2D eigenvalue weighted by Gasteiger charge is -2.03. The molecule has 1 amide bonds. The molecule has 0 aliphatic carbocycles. The van der Waals surface area contributed by atoms with Crippen molar-refractivity contribution in [2.75, 3.05) is 7.05 Å². The molecule has 0 aromatic heterocycles. The second kappa shape index (κ2) is 4.85. The van der Waals surface area contributed by atoms with Gasteiger partial charge < -0.3 is 0 Å². The van der Waals surface area contributed by atoms with Crippen molar-refractivity contribution < 1.29 is 4.79 Å². The van der Waals surface area contributed by atoms with Crippen LogP contribution < -0.4 is 0 Å². The number of carbonyl (C=O) groups is 1. The summed E-state index contributed by atoms with van der Waals surface area (Å²) in [5, 5.41) is 0. The van der Waals surface area contributed by atoms with Crippen LogP contribution in [0, 0.1) is 3.57 Å². The third kappa shape index (κ3) is 2.31. The Morgan fingerprint density at radius 2 is 2.12 bits per heavy atom. The largest absolute Gasteiger partial charge is 0.296 e. The molecular formula is C11H8INOS2. The van der Waals surface area contributed by atoms with E-state index in [2.05, 4.69) is 22.6 Å². The van der Waals surface area contributed by atoms with Crippen molar-refractivity contribution in [1.29, 1.82) is 0 Å². The van der Waals surface area contributed by atoms with Gasteiger partial charge in [-0.3, -0.25) is 9.69 Å². The third-order valence-electron chi connectivity index (χ3n) is 2.18. The number of carbonyl (C=O) groups excluding carboxylic acids is 1. The first-order valence-corrected chi connectivity index (χ1v) is 6.86. The molecule has 1 aromatic carbocycles. The van der Waals surface area contributed by atoms with Crippen molar-refractivity contribution in [2.24, 2.45) is 0 Å². The number of likely N-dealkylation sites (N-methyl/N-ethyl adjacent to an activating group) is 1. The molecule has 0 atom stereocenters. The van der Waals surface area contributed by atoms with Crippen LogP contribution in [0.2, 0.25) is 0 Å². The molecule has 0 spiro atoms. The zero-order chi connectivity index (χ0) is 11.7. The fourth-order valence-electron chi connectivity index (χ4n) is 1.28. The average molecular weight is 361 g/mol. The van der Waals surface area contributed by atoms with Gasteiger partial charge in [0.05, 0.1) is 4.91 Å². The second-order valence-corrected chi connectivity index (χ2v) is 6.10. The molecule has 1 saturated heterocycles. The summed E-state index contributed by atoms with van der Waals surface area (Å²) in [6.07, 6.45) is 1.89. The van der Waals surface area contributed by atoms with E-state index in [1.54, 1.807) is 7.05 Å². The summed E-state index contributed by atoms with van der Waals surface area (Å²) in [6, 6.07) is 7.94. The van der Waals surface area contributed by atoms with Crippen LogP contribution in [0.1, 0.15) is 5.56 Å². The third-order valence-corrected chi connectivity index (χ3v) is 4.65. The summed E-state index contributed by atoms with van der Waals surface area (Å²) < 4.78 is 1.74. The van der Waals surface area contributed by atoms with E-state index >= 15 is 0 Å². The van der Waals surface area contributed by atoms with Gasteiger partial charge in [0, 0.05) is 10.6 Å². The van der Waals surface area contributed by atoms with E-state index in [1.807, 2.05) is 30.3 Å². The Morgan fingerprint density at radius 1 is 1.44 bits per heavy atom. The summed E-state index contributed by atoms with van der Waals surface area (Å²) in [5.41, 5.74) is 1.05. The van der Waals surface area contributed by atoms with E-state index in [4.69, 9.17) is 12.2 Å². The van der Waals surface area contributed by atoms with Crippen molar-refractivity contribution in [2.45, 2.75) is 0 Å². The highest BCUT2D eigenvalue weighted by molar-refractivity contribution is 14.1. The minimum Gasteiger partial charge on any atom is -0.296 e. The molecule has 1 heterocycles. The fraction of sp³-hybridized carbons (Fsp3) is 0.0909. The first-order valence-electron chi connectivity index (χ1n) is 4.55. The molecular weight excluding hydrogens is 353 g/mol. The number of thiocarbonyl (C=S) groups is 1. The Bertz CT molecular complexity index is 499. The van der Waals surface area contributed by atoms with E-state index in [0.717, 1.165) is 9.13 Å². The van der Waals surface area contributed by atoms with E-state index in [0.29, 0.717) is 9.23 Å². The van der Waals surface area contributed by atoms with Gasteiger partial charge in [0.15, 0.2) is 0 Å². The van der Waals surface area contributed by atoms with Gasteiger partial charge in [0.2, 0.25) is 0 Å². The van der Waals surface area contributed by atoms with Crippen LogP contribution in [0.25, 0.3) is 6.08 Å². The number of benzene rings is 1. The van der Waals surface area contributed by atoms with E-state index in [-0.39, 0.29) is 5.91 Å². The first kappa shape index (κ1) is 12.1. The standard InChI is InChI=1S/C11H8INOS2/c1-13-10(14)9(16-11(13)15)6-7-4-2-3-5-8(7)12/h2-6H,1H3. The van der Waals surface area contributed by atoms with Crippen molar-refractivity contribution in [3.63, 3.8) is 0 Å². The summed E-state index contributed by atoms with van der Waals surface area (Å²) in [5.74, 6) is -0.0188. The highest BCUT2D eigenvalue weighted by atomic mass is 127. The number of nitrogens with zero attached hydrogens (tertiary/aromatic N) is 1. The van der Waals surface area contributed by atoms with Gasteiger partial charge in [0.25, 0.3) is 5.91 Å². The lowest BCUT2D eigenvalue weighted by molar-refractivity contribution is -0.121. The van der Waals surface area contributed by atoms with Crippen LogP contribution in [0.3, 0.4) is 0 Å². The molecule has 2 nitrogen and oxygen atoms in total. The Balaban J connectivity index is 2.37. The molecule has 0 unspecified atom stereocenters. The van der Waals surface area contributed by atoms with E-state index in [9.17, 15) is 4.79 Å². The van der Waals surface area contributed by atoms with Crippen molar-refractivity contribution in [3.8, 4) is 0 Å². The SMILES string of the molecule is CN1C(=O)C(=Cc2ccccc2I)SC1=S. The fourth-order valence-corrected chi connectivity index (χ4v) is 2.99. The molecule has 16 heavy (non-hydrogen) atoms. The maximum Gasteiger partial charge on any atom is 0.265 e. The molecule has 5 heteroatoms. The number of halogens is 1. The predicted molar refractivity (Wildman–Crippen MR) is 80.1 cm³/mol. The summed E-state index contributed by atoms with van der Waals surface area (Å²) >= 11 is 8.67. The summed E-state index contributed by atoms with van der Waals surface area (Å²) in [4.78, 5) is 14.0. The minimum atomic E-state index is -0.0188.